The van der Waals surface area contributed by atoms with E-state index in [9.17, 15) is 22.0 Å². The molecule has 1 atom stereocenters. The summed E-state index contributed by atoms with van der Waals surface area (Å²) in [4.78, 5) is 0. The number of nitrogens with one attached hydrogen (secondary N) is 1. The number of rotatable bonds is 4. The van der Waals surface area contributed by atoms with E-state index < -0.39 is 18.6 Å². The van der Waals surface area contributed by atoms with Crippen LogP contribution in [0.5, 0.6) is 0 Å². The lowest BCUT2D eigenvalue weighted by Gasteiger charge is -2.21. The molecule has 7 heteroatoms. The zero-order valence-corrected chi connectivity index (χ0v) is 10.9. The Morgan fingerprint density at radius 3 is 2.33 bits per heavy atom. The van der Waals surface area contributed by atoms with Crippen molar-refractivity contribution < 1.29 is 22.0 Å². The molecule has 1 N–H and O–H groups in total. The van der Waals surface area contributed by atoms with Gasteiger partial charge in [0, 0.05) is 15.7 Å². The number of hydrogen-bond donors (Lipinski definition) is 1. The number of halogens is 6. The fourth-order valence-electron chi connectivity index (χ4n) is 1.42. The standard InChI is InChI=1S/C11H11BrF5N/c1-2-9(11(15,16)17)18-6-3-4-8(12)7(5-6)10(13)14/h3-5,9-10,18H,2H2,1H3/t9-/m1/s1. The predicted molar refractivity (Wildman–Crippen MR) is 62.9 cm³/mol. The average molecular weight is 332 g/mol. The molecule has 1 aromatic carbocycles. The molecule has 0 saturated carbocycles. The Hall–Kier alpha value is -0.850. The SMILES string of the molecule is CC[C@@H](Nc1ccc(Br)c(C(F)F)c1)C(F)(F)F. The quantitative estimate of drug-likeness (QED) is 0.753. The Labute approximate surface area is 110 Å². The maximum Gasteiger partial charge on any atom is 0.408 e. The summed E-state index contributed by atoms with van der Waals surface area (Å²) in [6, 6.07) is 1.89. The third-order valence-corrected chi connectivity index (χ3v) is 3.10. The highest BCUT2D eigenvalue weighted by atomic mass is 79.9. The van der Waals surface area contributed by atoms with Gasteiger partial charge in [0.25, 0.3) is 6.43 Å². The van der Waals surface area contributed by atoms with E-state index in [-0.39, 0.29) is 22.1 Å². The lowest BCUT2D eigenvalue weighted by Crippen LogP contribution is -2.35. The third-order valence-electron chi connectivity index (χ3n) is 2.38. The topological polar surface area (TPSA) is 12.0 Å². The zero-order chi connectivity index (χ0) is 13.9. The summed E-state index contributed by atoms with van der Waals surface area (Å²) in [5, 5.41) is 2.21. The molecule has 0 unspecified atom stereocenters. The molecule has 0 aliphatic carbocycles. The Morgan fingerprint density at radius 2 is 1.89 bits per heavy atom. The molecule has 0 fully saturated rings. The van der Waals surface area contributed by atoms with Crippen LogP contribution in [0.25, 0.3) is 0 Å². The van der Waals surface area contributed by atoms with Gasteiger partial charge in [0.2, 0.25) is 0 Å². The highest BCUT2D eigenvalue weighted by molar-refractivity contribution is 9.10. The van der Waals surface area contributed by atoms with Gasteiger partial charge in [0.05, 0.1) is 0 Å². The second-order valence-electron chi connectivity index (χ2n) is 3.68. The van der Waals surface area contributed by atoms with Crippen LogP contribution in [0, 0.1) is 0 Å². The Morgan fingerprint density at radius 1 is 1.28 bits per heavy atom. The lowest BCUT2D eigenvalue weighted by atomic mass is 10.1. The number of benzene rings is 1. The van der Waals surface area contributed by atoms with Gasteiger partial charge in [-0.2, -0.15) is 13.2 Å². The van der Waals surface area contributed by atoms with E-state index in [1.54, 1.807) is 0 Å². The molecular formula is C11H11BrF5N. The van der Waals surface area contributed by atoms with Gasteiger partial charge in [-0.15, -0.1) is 0 Å². The fraction of sp³-hybridized carbons (Fsp3) is 0.455. The van der Waals surface area contributed by atoms with E-state index in [0.717, 1.165) is 6.07 Å². The van der Waals surface area contributed by atoms with E-state index in [1.807, 2.05) is 0 Å². The van der Waals surface area contributed by atoms with Gasteiger partial charge in [0.15, 0.2) is 0 Å². The van der Waals surface area contributed by atoms with Gasteiger partial charge < -0.3 is 5.32 Å². The normalized spacial score (nSPS) is 13.8. The van der Waals surface area contributed by atoms with Crippen LogP contribution in [0.1, 0.15) is 25.3 Å². The minimum absolute atomic E-state index is 0.0256. The smallest absolute Gasteiger partial charge is 0.374 e. The summed E-state index contributed by atoms with van der Waals surface area (Å²) in [6.45, 7) is 1.37. The number of alkyl halides is 5. The zero-order valence-electron chi connectivity index (χ0n) is 9.36. The summed E-state index contributed by atoms with van der Waals surface area (Å²) in [5.74, 6) is 0. The maximum atomic E-state index is 12.6. The van der Waals surface area contributed by atoms with Crippen LogP contribution < -0.4 is 5.32 Å². The maximum absolute atomic E-state index is 12.6. The predicted octanol–water partition coefficient (Wildman–Crippen LogP) is 5.14. The van der Waals surface area contributed by atoms with Crippen LogP contribution in [0.4, 0.5) is 27.6 Å². The molecular weight excluding hydrogens is 321 g/mol. The Kier molecular flexibility index (Phi) is 4.95. The van der Waals surface area contributed by atoms with Crippen LogP contribution in [0.15, 0.2) is 22.7 Å². The van der Waals surface area contributed by atoms with Gasteiger partial charge in [0.1, 0.15) is 6.04 Å². The first kappa shape index (κ1) is 15.2. The Bertz CT molecular complexity index is 405. The summed E-state index contributed by atoms with van der Waals surface area (Å²) in [6.07, 6.45) is -7.33. The summed E-state index contributed by atoms with van der Waals surface area (Å²) >= 11 is 2.92. The van der Waals surface area contributed by atoms with Crippen molar-refractivity contribution in [2.24, 2.45) is 0 Å². The molecule has 0 saturated heterocycles. The van der Waals surface area contributed by atoms with Crippen LogP contribution in [0.3, 0.4) is 0 Å². The van der Waals surface area contributed by atoms with Crippen molar-refractivity contribution in [1.82, 2.24) is 0 Å². The van der Waals surface area contributed by atoms with Gasteiger partial charge in [-0.3, -0.25) is 0 Å². The van der Waals surface area contributed by atoms with Crippen LogP contribution in [-0.2, 0) is 0 Å². The van der Waals surface area contributed by atoms with E-state index >= 15 is 0 Å². The summed E-state index contributed by atoms with van der Waals surface area (Å²) < 4.78 is 62.9. The monoisotopic (exact) mass is 331 g/mol. The van der Waals surface area contributed by atoms with Gasteiger partial charge in [-0.05, 0) is 24.6 Å². The summed E-state index contributed by atoms with van der Waals surface area (Å²) in [7, 11) is 0. The van der Waals surface area contributed by atoms with Crippen LogP contribution >= 0.6 is 15.9 Å². The highest BCUT2D eigenvalue weighted by Crippen LogP contribution is 2.32. The van der Waals surface area contributed by atoms with E-state index in [0.29, 0.717) is 0 Å². The van der Waals surface area contributed by atoms with Gasteiger partial charge in [-0.25, -0.2) is 8.78 Å². The molecule has 1 rings (SSSR count). The molecule has 102 valence electrons. The van der Waals surface area contributed by atoms with Crippen molar-refractivity contribution in [3.8, 4) is 0 Å². The van der Waals surface area contributed by atoms with E-state index in [2.05, 4.69) is 21.2 Å². The van der Waals surface area contributed by atoms with Crippen molar-refractivity contribution in [3.63, 3.8) is 0 Å². The molecule has 1 aromatic rings. The number of hydrogen-bond acceptors (Lipinski definition) is 1. The number of anilines is 1. The van der Waals surface area contributed by atoms with E-state index in [1.165, 1.54) is 19.1 Å². The molecule has 0 bridgehead atoms. The lowest BCUT2D eigenvalue weighted by molar-refractivity contribution is -0.142. The van der Waals surface area contributed by atoms with Crippen molar-refractivity contribution in [1.29, 1.82) is 0 Å². The average Bonchev–Trinajstić information content (AvgIpc) is 2.25. The molecule has 0 aliphatic heterocycles. The van der Waals surface area contributed by atoms with Crippen LogP contribution in [0.2, 0.25) is 0 Å². The largest absolute Gasteiger partial charge is 0.408 e. The molecule has 0 spiro atoms. The molecule has 0 heterocycles. The molecule has 18 heavy (non-hydrogen) atoms. The molecule has 0 aromatic heterocycles. The Balaban J connectivity index is 2.94. The minimum atomic E-state index is -4.41. The molecule has 1 nitrogen and oxygen atoms in total. The second kappa shape index (κ2) is 5.86. The first-order valence-electron chi connectivity index (χ1n) is 5.16. The first-order valence-corrected chi connectivity index (χ1v) is 5.95. The molecule has 0 aliphatic rings. The first-order chi connectivity index (χ1) is 8.25. The fourth-order valence-corrected chi connectivity index (χ4v) is 1.84. The van der Waals surface area contributed by atoms with Gasteiger partial charge in [-0.1, -0.05) is 22.9 Å². The second-order valence-corrected chi connectivity index (χ2v) is 4.54. The molecule has 0 radical (unpaired) electrons. The highest BCUT2D eigenvalue weighted by Gasteiger charge is 2.38. The van der Waals surface area contributed by atoms with E-state index in [4.69, 9.17) is 0 Å². The minimum Gasteiger partial charge on any atom is -0.374 e. The molecule has 0 amide bonds. The van der Waals surface area contributed by atoms with Gasteiger partial charge >= 0.3 is 6.18 Å². The summed E-state index contributed by atoms with van der Waals surface area (Å²) in [5.41, 5.74) is -0.310. The van der Waals surface area contributed by atoms with Crippen molar-refractivity contribution in [2.45, 2.75) is 32.0 Å². The van der Waals surface area contributed by atoms with Crippen molar-refractivity contribution in [2.75, 3.05) is 5.32 Å². The van der Waals surface area contributed by atoms with Crippen molar-refractivity contribution >= 4 is 21.6 Å². The third kappa shape index (κ3) is 3.83. The van der Waals surface area contributed by atoms with Crippen molar-refractivity contribution in [3.05, 3.63) is 28.2 Å². The van der Waals surface area contributed by atoms with Crippen LogP contribution in [-0.4, -0.2) is 12.2 Å².